The molecule has 0 aliphatic carbocycles. The summed E-state index contributed by atoms with van der Waals surface area (Å²) in [5, 5.41) is 29.8. The van der Waals surface area contributed by atoms with Gasteiger partial charge in [-0.1, -0.05) is 0 Å². The summed E-state index contributed by atoms with van der Waals surface area (Å²) in [5.41, 5.74) is -7.70. The summed E-state index contributed by atoms with van der Waals surface area (Å²) in [5.74, 6) is -11.0. The fraction of sp³-hybridized carbons (Fsp3) is 0. The minimum absolute atomic E-state index is 0.814. The molecule has 8 nitrogen and oxygen atoms in total. The highest BCUT2D eigenvalue weighted by atomic mass is 19.2. The van der Waals surface area contributed by atoms with Crippen molar-refractivity contribution < 1.29 is 35.2 Å². The molecule has 0 aliphatic rings. The second kappa shape index (κ2) is 7.45. The van der Waals surface area contributed by atoms with E-state index in [1.54, 1.807) is 0 Å². The first-order valence-corrected chi connectivity index (χ1v) is 9.24. The third kappa shape index (κ3) is 2.61. The Morgan fingerprint density at radius 3 is 1.11 bits per heavy atom. The maximum atomic E-state index is 15.5. The van der Waals surface area contributed by atoms with Crippen LogP contribution in [0.3, 0.4) is 0 Å². The van der Waals surface area contributed by atoms with E-state index in [1.807, 2.05) is 0 Å². The van der Waals surface area contributed by atoms with Crippen LogP contribution in [0.25, 0.3) is 54.9 Å². The van der Waals surface area contributed by atoms with Gasteiger partial charge in [0.15, 0.2) is 45.6 Å². The molecule has 3 aromatic carbocycles. The number of oxazole rings is 2. The summed E-state index contributed by atoms with van der Waals surface area (Å²) < 4.78 is 102. The van der Waals surface area contributed by atoms with Gasteiger partial charge >= 0.3 is 0 Å². The average Bonchev–Trinajstić information content (AvgIpc) is 3.50. The van der Waals surface area contributed by atoms with Crippen LogP contribution in [0, 0.1) is 80.2 Å². The zero-order valence-electron chi connectivity index (χ0n) is 16.8. The van der Waals surface area contributed by atoms with Gasteiger partial charge in [-0.3, -0.25) is 0 Å². The molecule has 2 aromatic heterocycles. The number of fused-ring (bicyclic) bond motifs is 4. The predicted octanol–water partition coefficient (Wildman–Crippen LogP) is 3.51. The molecule has 0 bridgehead atoms. The van der Waals surface area contributed by atoms with Crippen molar-refractivity contribution in [3.05, 3.63) is 46.0 Å². The average molecular weight is 494 g/mol. The van der Waals surface area contributed by atoms with E-state index in [1.165, 1.54) is 24.3 Å². The normalized spacial score (nSPS) is 10.9. The number of benzene rings is 3. The predicted molar refractivity (Wildman–Crippen MR) is 105 cm³/mol. The lowest BCUT2D eigenvalue weighted by Crippen LogP contribution is -2.04. The lowest BCUT2D eigenvalue weighted by Gasteiger charge is -2.11. The van der Waals surface area contributed by atoms with Crippen molar-refractivity contribution in [2.75, 3.05) is 0 Å². The molecule has 0 N–H and O–H groups in total. The largest absolute Gasteiger partial charge is 0.431 e. The van der Waals surface area contributed by atoms with Crippen molar-refractivity contribution in [3.8, 4) is 24.3 Å². The summed E-state index contributed by atoms with van der Waals surface area (Å²) in [6.45, 7) is 0. The highest BCUT2D eigenvalue weighted by Crippen LogP contribution is 2.41. The van der Waals surface area contributed by atoms with Gasteiger partial charge < -0.3 is 8.83 Å². The minimum Gasteiger partial charge on any atom is -0.431 e. The van der Waals surface area contributed by atoms with Crippen LogP contribution in [0.5, 0.6) is 0 Å². The molecule has 0 atom stereocenters. The highest BCUT2D eigenvalue weighted by Gasteiger charge is 2.32. The van der Waals surface area contributed by atoms with Crippen LogP contribution >= 0.6 is 0 Å². The Balaban J connectivity index is 2.10. The van der Waals surface area contributed by atoms with Gasteiger partial charge in [0.25, 0.3) is 0 Å². The van der Waals surface area contributed by atoms with Gasteiger partial charge in [-0.05, 0) is 0 Å². The molecular formula is C22F6N6O2. The van der Waals surface area contributed by atoms with E-state index < -0.39 is 101 Å². The molecule has 0 aliphatic heterocycles. The zero-order chi connectivity index (χ0) is 26.0. The third-order valence-electron chi connectivity index (χ3n) is 5.20. The second-order valence-electron chi connectivity index (χ2n) is 6.97. The maximum absolute atomic E-state index is 15.5. The second-order valence-corrected chi connectivity index (χ2v) is 6.97. The Bertz CT molecular complexity index is 1870. The molecular weight excluding hydrogens is 494 g/mol. The third-order valence-corrected chi connectivity index (χ3v) is 5.20. The summed E-state index contributed by atoms with van der Waals surface area (Å²) in [6, 6.07) is 5.43. The number of nitrogens with zero attached hydrogens (tertiary/aromatic N) is 6. The van der Waals surface area contributed by atoms with Crippen LogP contribution in [0.2, 0.25) is 0 Å². The molecule has 5 rings (SSSR count). The smallest absolute Gasteiger partial charge is 0.249 e. The molecule has 5 aromatic rings. The molecule has 2 heterocycles. The van der Waals surface area contributed by atoms with Crippen LogP contribution in [-0.4, -0.2) is 9.97 Å². The van der Waals surface area contributed by atoms with E-state index in [0.717, 1.165) is 0 Å². The topological polar surface area (TPSA) is 147 Å². The molecule has 36 heavy (non-hydrogen) atoms. The maximum Gasteiger partial charge on any atom is 0.249 e. The SMILES string of the molecule is N#CC(C#N)=c1nc2c(F)c3c(F)c4c(F)c5oc(=C(C#N)C#N)nc5c(F)c4c(F)c3c(F)c2o1. The molecule has 0 saturated carbocycles. The quantitative estimate of drug-likeness (QED) is 0.235. The number of halogens is 6. The van der Waals surface area contributed by atoms with Crippen LogP contribution in [-0.2, 0) is 0 Å². The number of hydrogen-bond acceptors (Lipinski definition) is 8. The van der Waals surface area contributed by atoms with Crippen molar-refractivity contribution in [2.24, 2.45) is 0 Å². The van der Waals surface area contributed by atoms with Gasteiger partial charge in [0, 0.05) is 0 Å². The zero-order valence-corrected chi connectivity index (χ0v) is 16.8. The van der Waals surface area contributed by atoms with E-state index >= 15 is 26.3 Å². The molecule has 0 radical (unpaired) electrons. The van der Waals surface area contributed by atoms with E-state index in [4.69, 9.17) is 29.9 Å². The Morgan fingerprint density at radius 2 is 0.806 bits per heavy atom. The number of nitriles is 4. The Kier molecular flexibility index (Phi) is 4.60. The molecule has 0 spiro atoms. The van der Waals surface area contributed by atoms with Crippen molar-refractivity contribution in [2.45, 2.75) is 0 Å². The van der Waals surface area contributed by atoms with Crippen molar-refractivity contribution >= 4 is 54.9 Å². The van der Waals surface area contributed by atoms with Crippen molar-refractivity contribution in [3.63, 3.8) is 0 Å². The molecule has 14 heteroatoms. The van der Waals surface area contributed by atoms with Crippen LogP contribution in [0.15, 0.2) is 8.83 Å². The molecule has 0 amide bonds. The molecule has 172 valence electrons. The summed E-state index contributed by atoms with van der Waals surface area (Å²) in [7, 11) is 0. The standard InChI is InChI=1S/C22F6N6O2/c23-11-7-9(15(27)19-17(13(7)25)33-21(35-19)5(1-29)2-30)12(24)8-10(11)16(28)20-18(14(8)26)34-22(36-20)6(3-31)4-32. The first-order chi connectivity index (χ1) is 17.2. The van der Waals surface area contributed by atoms with E-state index in [-0.39, 0.29) is 0 Å². The van der Waals surface area contributed by atoms with E-state index in [2.05, 4.69) is 9.97 Å². The molecule has 0 unspecified atom stereocenters. The van der Waals surface area contributed by atoms with Gasteiger partial charge in [0.1, 0.15) is 46.9 Å². The van der Waals surface area contributed by atoms with Gasteiger partial charge in [0.05, 0.1) is 21.5 Å². The van der Waals surface area contributed by atoms with Crippen LogP contribution < -0.4 is 11.1 Å². The minimum atomic E-state index is -1.95. The van der Waals surface area contributed by atoms with Gasteiger partial charge in [0.2, 0.25) is 11.1 Å². The van der Waals surface area contributed by atoms with Crippen LogP contribution in [0.4, 0.5) is 26.3 Å². The highest BCUT2D eigenvalue weighted by molar-refractivity contribution is 6.08. The summed E-state index contributed by atoms with van der Waals surface area (Å²) in [4.78, 5) is 6.87. The monoisotopic (exact) mass is 494 g/mol. The summed E-state index contributed by atoms with van der Waals surface area (Å²) >= 11 is 0. The fourth-order valence-corrected chi connectivity index (χ4v) is 3.67. The first kappa shape index (κ1) is 22.2. The Labute approximate surface area is 192 Å². The lowest BCUT2D eigenvalue weighted by atomic mass is 9.99. The number of aromatic nitrogens is 2. The number of hydrogen-bond donors (Lipinski definition) is 0. The van der Waals surface area contributed by atoms with E-state index in [9.17, 15) is 0 Å². The first-order valence-electron chi connectivity index (χ1n) is 9.24. The Morgan fingerprint density at radius 1 is 0.500 bits per heavy atom. The van der Waals surface area contributed by atoms with Crippen molar-refractivity contribution in [1.82, 2.24) is 9.97 Å². The number of rotatable bonds is 0. The molecule has 0 fully saturated rings. The van der Waals surface area contributed by atoms with E-state index in [0.29, 0.717) is 0 Å². The van der Waals surface area contributed by atoms with Gasteiger partial charge in [-0.15, -0.1) is 0 Å². The van der Waals surface area contributed by atoms with Gasteiger partial charge in [-0.2, -0.15) is 21.0 Å². The van der Waals surface area contributed by atoms with Gasteiger partial charge in [-0.25, -0.2) is 36.3 Å². The fourth-order valence-electron chi connectivity index (χ4n) is 3.67. The Hall–Kier alpha value is -5.60. The lowest BCUT2D eigenvalue weighted by molar-refractivity contribution is 0.522. The summed E-state index contributed by atoms with van der Waals surface area (Å²) in [6.07, 6.45) is 0. The van der Waals surface area contributed by atoms with Crippen LogP contribution in [0.1, 0.15) is 0 Å². The molecule has 0 saturated heterocycles. The van der Waals surface area contributed by atoms with Crippen molar-refractivity contribution in [1.29, 1.82) is 21.0 Å².